The zero-order valence-corrected chi connectivity index (χ0v) is 12.9. The van der Waals surface area contributed by atoms with E-state index >= 15 is 0 Å². The van der Waals surface area contributed by atoms with Crippen LogP contribution in [0.2, 0.25) is 0 Å². The Morgan fingerprint density at radius 3 is 2.87 bits per heavy atom. The molecule has 1 aliphatic heterocycles. The van der Waals surface area contributed by atoms with Gasteiger partial charge in [-0.05, 0) is 60.7 Å². The first-order chi connectivity index (χ1) is 11.1. The van der Waals surface area contributed by atoms with Crippen molar-refractivity contribution in [1.29, 1.82) is 0 Å². The summed E-state index contributed by atoms with van der Waals surface area (Å²) in [4.78, 5) is 11.7. The van der Waals surface area contributed by atoms with E-state index in [0.717, 1.165) is 23.2 Å². The van der Waals surface area contributed by atoms with Crippen LogP contribution in [0.3, 0.4) is 0 Å². The first-order valence-corrected chi connectivity index (χ1v) is 7.97. The number of carbonyl (C=O) groups excluding carboxylic acids is 1. The summed E-state index contributed by atoms with van der Waals surface area (Å²) in [5.74, 6) is 0.508. The molecule has 2 aromatic rings. The number of halogens is 1. The molecule has 3 heteroatoms. The third-order valence-electron chi connectivity index (χ3n) is 4.98. The standard InChI is InChI=1S/C20H18FNO/c1-12(23)13-8-9-19-18(11-13)16-6-3-7-17(16)20(22-19)14-4-2-5-15(21)10-14/h2-6,8-11,16-17,20,22H,7H2,1H3/t16-,17-,20-/m0/s1. The Balaban J connectivity index is 1.79. The Morgan fingerprint density at radius 2 is 2.09 bits per heavy atom. The van der Waals surface area contributed by atoms with Crippen molar-refractivity contribution in [2.45, 2.75) is 25.3 Å². The van der Waals surface area contributed by atoms with Gasteiger partial charge in [0.25, 0.3) is 0 Å². The van der Waals surface area contributed by atoms with E-state index in [-0.39, 0.29) is 23.6 Å². The lowest BCUT2D eigenvalue weighted by Crippen LogP contribution is -2.29. The summed E-state index contributed by atoms with van der Waals surface area (Å²) in [6.07, 6.45) is 5.38. The predicted octanol–water partition coefficient (Wildman–Crippen LogP) is 4.85. The molecule has 0 saturated heterocycles. The second-order valence-corrected chi connectivity index (χ2v) is 6.39. The quantitative estimate of drug-likeness (QED) is 0.634. The van der Waals surface area contributed by atoms with Crippen LogP contribution in [0.25, 0.3) is 0 Å². The van der Waals surface area contributed by atoms with Crippen molar-refractivity contribution in [3.8, 4) is 0 Å². The van der Waals surface area contributed by atoms with Crippen molar-refractivity contribution in [3.05, 3.63) is 77.1 Å². The molecule has 0 fully saturated rings. The van der Waals surface area contributed by atoms with Crippen molar-refractivity contribution in [2.75, 3.05) is 5.32 Å². The fourth-order valence-corrected chi connectivity index (χ4v) is 3.84. The highest BCUT2D eigenvalue weighted by molar-refractivity contribution is 5.95. The van der Waals surface area contributed by atoms with Gasteiger partial charge in [0.1, 0.15) is 5.82 Å². The van der Waals surface area contributed by atoms with Crippen LogP contribution in [0.5, 0.6) is 0 Å². The van der Waals surface area contributed by atoms with E-state index in [1.165, 1.54) is 11.6 Å². The Bertz CT molecular complexity index is 811. The summed E-state index contributed by atoms with van der Waals surface area (Å²) >= 11 is 0. The van der Waals surface area contributed by atoms with Gasteiger partial charge in [0, 0.05) is 17.2 Å². The molecule has 116 valence electrons. The lowest BCUT2D eigenvalue weighted by molar-refractivity contribution is 0.101. The molecule has 0 spiro atoms. The lowest BCUT2D eigenvalue weighted by Gasteiger charge is -2.37. The average Bonchev–Trinajstić information content (AvgIpc) is 3.03. The van der Waals surface area contributed by atoms with Gasteiger partial charge in [-0.1, -0.05) is 24.3 Å². The van der Waals surface area contributed by atoms with E-state index in [4.69, 9.17) is 0 Å². The summed E-state index contributed by atoms with van der Waals surface area (Å²) in [6.45, 7) is 1.59. The fraction of sp³-hybridized carbons (Fsp3) is 0.250. The second kappa shape index (κ2) is 5.34. The molecule has 0 unspecified atom stereocenters. The number of anilines is 1. The predicted molar refractivity (Wildman–Crippen MR) is 89.2 cm³/mol. The van der Waals surface area contributed by atoms with Gasteiger partial charge in [-0.3, -0.25) is 4.79 Å². The largest absolute Gasteiger partial charge is 0.378 e. The molecule has 2 aromatic carbocycles. The SMILES string of the molecule is CC(=O)c1ccc2c(c1)[C@H]1C=CC[C@@H]1[C@H](c1cccc(F)c1)N2. The second-order valence-electron chi connectivity index (χ2n) is 6.39. The minimum Gasteiger partial charge on any atom is -0.378 e. The summed E-state index contributed by atoms with van der Waals surface area (Å²) in [7, 11) is 0. The van der Waals surface area contributed by atoms with Crippen LogP contribution < -0.4 is 5.32 Å². The molecule has 0 radical (unpaired) electrons. The highest BCUT2D eigenvalue weighted by Gasteiger charge is 2.38. The molecule has 2 aliphatic rings. The Kier molecular flexibility index (Phi) is 3.29. The maximum absolute atomic E-state index is 13.6. The van der Waals surface area contributed by atoms with Crippen molar-refractivity contribution in [2.24, 2.45) is 5.92 Å². The van der Waals surface area contributed by atoms with Crippen molar-refractivity contribution >= 4 is 11.5 Å². The zero-order valence-electron chi connectivity index (χ0n) is 12.9. The molecule has 2 nitrogen and oxygen atoms in total. The smallest absolute Gasteiger partial charge is 0.159 e. The summed E-state index contributed by atoms with van der Waals surface area (Å²) in [5.41, 5.74) is 3.93. The molecular weight excluding hydrogens is 289 g/mol. The van der Waals surface area contributed by atoms with Crippen molar-refractivity contribution in [3.63, 3.8) is 0 Å². The summed E-state index contributed by atoms with van der Waals surface area (Å²) in [6, 6.07) is 12.7. The van der Waals surface area contributed by atoms with E-state index in [1.807, 2.05) is 24.3 Å². The molecular formula is C20H18FNO. The number of Topliss-reactive ketones (excluding diaryl/α,β-unsaturated/α-hetero) is 1. The molecule has 1 heterocycles. The first kappa shape index (κ1) is 14.2. The van der Waals surface area contributed by atoms with E-state index in [2.05, 4.69) is 17.5 Å². The van der Waals surface area contributed by atoms with E-state index in [9.17, 15) is 9.18 Å². The molecule has 4 rings (SSSR count). The van der Waals surface area contributed by atoms with Crippen LogP contribution in [-0.2, 0) is 0 Å². The number of benzene rings is 2. The molecule has 23 heavy (non-hydrogen) atoms. The van der Waals surface area contributed by atoms with Gasteiger partial charge >= 0.3 is 0 Å². The topological polar surface area (TPSA) is 29.1 Å². The highest BCUT2D eigenvalue weighted by atomic mass is 19.1. The number of nitrogens with one attached hydrogen (secondary N) is 1. The van der Waals surface area contributed by atoms with Crippen molar-refractivity contribution < 1.29 is 9.18 Å². The molecule has 0 saturated carbocycles. The van der Waals surface area contributed by atoms with Gasteiger partial charge in [0.05, 0.1) is 6.04 Å². The van der Waals surface area contributed by atoms with Crippen LogP contribution >= 0.6 is 0 Å². The van der Waals surface area contributed by atoms with Crippen LogP contribution in [0, 0.1) is 11.7 Å². The van der Waals surface area contributed by atoms with Gasteiger partial charge < -0.3 is 5.32 Å². The molecule has 0 aromatic heterocycles. The number of fused-ring (bicyclic) bond motifs is 3. The van der Waals surface area contributed by atoms with Crippen LogP contribution in [0.15, 0.2) is 54.6 Å². The third-order valence-corrected chi connectivity index (χ3v) is 4.98. The van der Waals surface area contributed by atoms with Gasteiger partial charge in [-0.25, -0.2) is 4.39 Å². The zero-order chi connectivity index (χ0) is 16.0. The first-order valence-electron chi connectivity index (χ1n) is 7.97. The third kappa shape index (κ3) is 2.37. The number of ketones is 1. The molecule has 1 aliphatic carbocycles. The Hall–Kier alpha value is -2.42. The number of rotatable bonds is 2. The summed E-state index contributed by atoms with van der Waals surface area (Å²) < 4.78 is 13.6. The van der Waals surface area contributed by atoms with Crippen LogP contribution in [0.4, 0.5) is 10.1 Å². The lowest BCUT2D eigenvalue weighted by atomic mass is 9.76. The molecule has 1 N–H and O–H groups in total. The summed E-state index contributed by atoms with van der Waals surface area (Å²) in [5, 5.41) is 3.56. The van der Waals surface area contributed by atoms with E-state index < -0.39 is 0 Å². The maximum atomic E-state index is 13.6. The number of allylic oxidation sites excluding steroid dienone is 2. The Labute approximate surface area is 135 Å². The minimum absolute atomic E-state index is 0.0820. The number of carbonyl (C=O) groups is 1. The monoisotopic (exact) mass is 307 g/mol. The average molecular weight is 307 g/mol. The van der Waals surface area contributed by atoms with Crippen molar-refractivity contribution in [1.82, 2.24) is 0 Å². The minimum atomic E-state index is -0.204. The highest BCUT2D eigenvalue weighted by Crippen LogP contribution is 2.49. The van der Waals surface area contributed by atoms with Crippen LogP contribution in [-0.4, -0.2) is 5.78 Å². The Morgan fingerprint density at radius 1 is 1.22 bits per heavy atom. The normalized spacial score (nSPS) is 24.7. The van der Waals surface area contributed by atoms with Gasteiger partial charge in [-0.15, -0.1) is 0 Å². The number of hydrogen-bond acceptors (Lipinski definition) is 2. The fourth-order valence-electron chi connectivity index (χ4n) is 3.84. The van der Waals surface area contributed by atoms with E-state index in [1.54, 1.807) is 19.1 Å². The molecule has 0 bridgehead atoms. The van der Waals surface area contributed by atoms with Gasteiger partial charge in [0.2, 0.25) is 0 Å². The van der Waals surface area contributed by atoms with Gasteiger partial charge in [-0.2, -0.15) is 0 Å². The van der Waals surface area contributed by atoms with Gasteiger partial charge in [0.15, 0.2) is 5.78 Å². The van der Waals surface area contributed by atoms with Crippen LogP contribution in [0.1, 0.15) is 46.8 Å². The van der Waals surface area contributed by atoms with E-state index in [0.29, 0.717) is 5.92 Å². The molecule has 0 amide bonds. The molecule has 3 atom stereocenters. The maximum Gasteiger partial charge on any atom is 0.159 e. The number of hydrogen-bond donors (Lipinski definition) is 1.